The number of rotatable bonds is 9. The molecule has 2 rings (SSSR count). The monoisotopic (exact) mass is 421 g/mol. The zero-order chi connectivity index (χ0) is 22.0. The lowest BCUT2D eigenvalue weighted by molar-refractivity contribution is 0.282. The molecule has 5 heteroatoms. The number of aryl methyl sites for hydroxylation is 1. The Morgan fingerprint density at radius 1 is 0.900 bits per heavy atom. The third-order valence-corrected chi connectivity index (χ3v) is 5.63. The lowest BCUT2D eigenvalue weighted by Gasteiger charge is -2.19. The smallest absolute Gasteiger partial charge is 0.129 e. The molecule has 0 fully saturated rings. The van der Waals surface area contributed by atoms with Gasteiger partial charge in [0.15, 0.2) is 0 Å². The molecule has 2 aromatic rings. The van der Waals surface area contributed by atoms with Crippen molar-refractivity contribution >= 4 is 25.1 Å². The predicted octanol–water partition coefficient (Wildman–Crippen LogP) is 6.63. The number of nitrogens with zero attached hydrogens (tertiary/aromatic N) is 3. The fourth-order valence-electron chi connectivity index (χ4n) is 2.94. The van der Waals surface area contributed by atoms with E-state index in [-0.39, 0.29) is 0 Å². The molecule has 4 nitrogen and oxygen atoms in total. The number of hydrogen-bond acceptors (Lipinski definition) is 4. The van der Waals surface area contributed by atoms with E-state index in [0.717, 1.165) is 54.7 Å². The van der Waals surface area contributed by atoms with Gasteiger partial charge in [-0.05, 0) is 67.8 Å². The van der Waals surface area contributed by atoms with E-state index in [1.807, 2.05) is 30.3 Å². The summed E-state index contributed by atoms with van der Waals surface area (Å²) in [5.74, 6) is 3.32. The van der Waals surface area contributed by atoms with E-state index in [4.69, 9.17) is 5.11 Å². The van der Waals surface area contributed by atoms with E-state index in [1.165, 1.54) is 5.69 Å². The van der Waals surface area contributed by atoms with Crippen molar-refractivity contribution in [2.24, 2.45) is 10.2 Å². The van der Waals surface area contributed by atoms with Crippen LogP contribution in [0.4, 0.5) is 17.1 Å². The van der Waals surface area contributed by atoms with Crippen molar-refractivity contribution in [2.75, 3.05) is 25.1 Å². The number of unbranched alkanes of at least 4 members (excludes halogenated alkanes) is 3. The largest absolute Gasteiger partial charge is 0.396 e. The lowest BCUT2D eigenvalue weighted by atomic mass is 10.1. The molecule has 0 bridgehead atoms. The lowest BCUT2D eigenvalue weighted by Crippen LogP contribution is -2.18. The number of azo groups is 1. The third-order valence-electron chi connectivity index (χ3n) is 4.76. The molecule has 30 heavy (non-hydrogen) atoms. The summed E-state index contributed by atoms with van der Waals surface area (Å²) in [5, 5.41) is 17.6. The summed E-state index contributed by atoms with van der Waals surface area (Å²) < 4.78 is 0. The second kappa shape index (κ2) is 11.7. The van der Waals surface area contributed by atoms with Crippen LogP contribution in [0.1, 0.15) is 36.8 Å². The van der Waals surface area contributed by atoms with Crippen LogP contribution >= 0.6 is 0 Å². The van der Waals surface area contributed by atoms with Gasteiger partial charge in [0.05, 0.1) is 11.4 Å². The first-order valence-electron chi connectivity index (χ1n) is 10.8. The SMILES string of the molecule is Cc1cc(N=Nc2ccc(N(C)CCCCCCO)cc2)ccc1C#C[Si](C)(C)C. The van der Waals surface area contributed by atoms with Crippen LogP contribution in [0.15, 0.2) is 52.7 Å². The van der Waals surface area contributed by atoms with Gasteiger partial charge in [0, 0.05) is 31.5 Å². The second-order valence-electron chi connectivity index (χ2n) is 8.77. The van der Waals surface area contributed by atoms with Crippen molar-refractivity contribution in [3.05, 3.63) is 53.6 Å². The quantitative estimate of drug-likeness (QED) is 0.214. The fourth-order valence-corrected chi connectivity index (χ4v) is 3.45. The van der Waals surface area contributed by atoms with Gasteiger partial charge in [0.1, 0.15) is 8.07 Å². The second-order valence-corrected chi connectivity index (χ2v) is 13.5. The average molecular weight is 422 g/mol. The Morgan fingerprint density at radius 2 is 1.53 bits per heavy atom. The summed E-state index contributed by atoms with van der Waals surface area (Å²) >= 11 is 0. The van der Waals surface area contributed by atoms with Crippen molar-refractivity contribution in [3.63, 3.8) is 0 Å². The highest BCUT2D eigenvalue weighted by Gasteiger charge is 2.08. The topological polar surface area (TPSA) is 48.2 Å². The molecule has 0 radical (unpaired) electrons. The Hall–Kier alpha value is -2.42. The molecule has 0 saturated heterocycles. The molecule has 0 heterocycles. The van der Waals surface area contributed by atoms with Crippen LogP contribution in [0.5, 0.6) is 0 Å². The standard InChI is InChI=1S/C25H35N3OSi/c1-21-20-24(11-10-22(21)16-19-30(3,4)5)27-26-23-12-14-25(15-13-23)28(2)17-8-6-7-9-18-29/h10-15,20,29H,6-9,17-18H2,1-5H3. The van der Waals surface area contributed by atoms with Gasteiger partial charge in [0.2, 0.25) is 0 Å². The van der Waals surface area contributed by atoms with Gasteiger partial charge in [-0.15, -0.1) is 5.54 Å². The van der Waals surface area contributed by atoms with E-state index in [0.29, 0.717) is 6.61 Å². The van der Waals surface area contributed by atoms with Gasteiger partial charge in [-0.3, -0.25) is 0 Å². The minimum absolute atomic E-state index is 0.294. The summed E-state index contributed by atoms with van der Waals surface area (Å²) in [4.78, 5) is 2.25. The van der Waals surface area contributed by atoms with E-state index >= 15 is 0 Å². The molecular formula is C25H35N3OSi. The van der Waals surface area contributed by atoms with Gasteiger partial charge in [0.25, 0.3) is 0 Å². The van der Waals surface area contributed by atoms with Gasteiger partial charge >= 0.3 is 0 Å². The van der Waals surface area contributed by atoms with E-state index in [2.05, 4.69) is 72.3 Å². The summed E-state index contributed by atoms with van der Waals surface area (Å²) in [5.41, 5.74) is 8.48. The van der Waals surface area contributed by atoms with Crippen LogP contribution in [0.25, 0.3) is 0 Å². The van der Waals surface area contributed by atoms with E-state index in [9.17, 15) is 0 Å². The van der Waals surface area contributed by atoms with Crippen molar-refractivity contribution in [1.29, 1.82) is 0 Å². The minimum atomic E-state index is -1.38. The molecule has 0 aromatic heterocycles. The van der Waals surface area contributed by atoms with Crippen molar-refractivity contribution in [2.45, 2.75) is 52.2 Å². The van der Waals surface area contributed by atoms with Crippen LogP contribution in [0.2, 0.25) is 19.6 Å². The third kappa shape index (κ3) is 8.52. The molecule has 0 saturated carbocycles. The molecule has 160 valence electrons. The predicted molar refractivity (Wildman–Crippen MR) is 131 cm³/mol. The number of aliphatic hydroxyl groups is 1. The van der Waals surface area contributed by atoms with Gasteiger partial charge in [-0.1, -0.05) is 38.4 Å². The summed E-state index contributed by atoms with van der Waals surface area (Å²) in [7, 11) is 0.731. The van der Waals surface area contributed by atoms with Gasteiger partial charge in [-0.25, -0.2) is 0 Å². The number of anilines is 1. The molecule has 0 aliphatic heterocycles. The van der Waals surface area contributed by atoms with E-state index < -0.39 is 8.07 Å². The Labute approximate surface area is 183 Å². The molecule has 0 unspecified atom stereocenters. The molecule has 2 aromatic carbocycles. The first-order valence-corrected chi connectivity index (χ1v) is 14.3. The first kappa shape index (κ1) is 23.9. The maximum atomic E-state index is 8.84. The first-order chi connectivity index (χ1) is 14.3. The van der Waals surface area contributed by atoms with Crippen LogP contribution in [-0.2, 0) is 0 Å². The maximum absolute atomic E-state index is 8.84. The highest BCUT2D eigenvalue weighted by molar-refractivity contribution is 6.83. The zero-order valence-electron chi connectivity index (χ0n) is 19.1. The number of hydrogen-bond donors (Lipinski definition) is 1. The highest BCUT2D eigenvalue weighted by Crippen LogP contribution is 2.23. The van der Waals surface area contributed by atoms with Crippen LogP contribution in [0, 0.1) is 18.4 Å². The Balaban J connectivity index is 1.95. The van der Waals surface area contributed by atoms with Crippen molar-refractivity contribution in [3.8, 4) is 11.5 Å². The fraction of sp³-hybridized carbons (Fsp3) is 0.440. The van der Waals surface area contributed by atoms with Crippen LogP contribution < -0.4 is 4.90 Å². The Bertz CT molecular complexity index is 889. The molecule has 0 aliphatic carbocycles. The molecule has 0 aliphatic rings. The van der Waals surface area contributed by atoms with Crippen molar-refractivity contribution < 1.29 is 5.11 Å². The normalized spacial score (nSPS) is 11.4. The average Bonchev–Trinajstić information content (AvgIpc) is 2.71. The van der Waals surface area contributed by atoms with Crippen LogP contribution in [-0.4, -0.2) is 33.4 Å². The molecule has 0 spiro atoms. The molecule has 0 amide bonds. The van der Waals surface area contributed by atoms with Gasteiger partial charge in [-0.2, -0.15) is 10.2 Å². The minimum Gasteiger partial charge on any atom is -0.396 e. The molecular weight excluding hydrogens is 386 g/mol. The number of benzene rings is 2. The maximum Gasteiger partial charge on any atom is 0.129 e. The number of aliphatic hydroxyl groups excluding tert-OH is 1. The summed E-state index contributed by atoms with van der Waals surface area (Å²) in [6, 6.07) is 14.2. The highest BCUT2D eigenvalue weighted by atomic mass is 28.3. The summed E-state index contributed by atoms with van der Waals surface area (Å²) in [6.07, 6.45) is 4.28. The molecule has 0 atom stereocenters. The van der Waals surface area contributed by atoms with Crippen LogP contribution in [0.3, 0.4) is 0 Å². The van der Waals surface area contributed by atoms with Gasteiger partial charge < -0.3 is 10.0 Å². The van der Waals surface area contributed by atoms with Crippen molar-refractivity contribution in [1.82, 2.24) is 0 Å². The summed E-state index contributed by atoms with van der Waals surface area (Å²) in [6.45, 7) is 10.1. The Morgan fingerprint density at radius 3 is 2.17 bits per heavy atom. The molecule has 1 N–H and O–H groups in total. The zero-order valence-corrected chi connectivity index (χ0v) is 20.1. The Kier molecular flexibility index (Phi) is 9.29. The van der Waals surface area contributed by atoms with E-state index in [1.54, 1.807) is 0 Å².